The van der Waals surface area contributed by atoms with Crippen molar-refractivity contribution < 1.29 is 4.79 Å². The summed E-state index contributed by atoms with van der Waals surface area (Å²) >= 11 is 0. The first-order chi connectivity index (χ1) is 17.1. The minimum absolute atomic E-state index is 0.116. The molecular formula is C26H22N8O. The highest BCUT2D eigenvalue weighted by Gasteiger charge is 2.41. The summed E-state index contributed by atoms with van der Waals surface area (Å²) in [4.78, 5) is 21.0. The molecule has 3 aliphatic heterocycles. The van der Waals surface area contributed by atoms with Crippen molar-refractivity contribution in [3.63, 3.8) is 0 Å². The van der Waals surface area contributed by atoms with Crippen molar-refractivity contribution in [2.24, 2.45) is 7.05 Å². The first-order valence-corrected chi connectivity index (χ1v) is 11.5. The van der Waals surface area contributed by atoms with Crippen molar-refractivity contribution in [1.82, 2.24) is 29.3 Å². The molecule has 2 atom stereocenters. The van der Waals surface area contributed by atoms with E-state index in [4.69, 9.17) is 11.4 Å². The van der Waals surface area contributed by atoms with Gasteiger partial charge in [-0.15, -0.1) is 6.42 Å². The van der Waals surface area contributed by atoms with Crippen molar-refractivity contribution in [1.29, 1.82) is 5.26 Å². The molecule has 0 radical (unpaired) electrons. The lowest BCUT2D eigenvalue weighted by Crippen LogP contribution is -2.64. The van der Waals surface area contributed by atoms with E-state index in [2.05, 4.69) is 33.2 Å². The molecule has 1 amide bonds. The minimum atomic E-state index is -0.228. The van der Waals surface area contributed by atoms with E-state index in [1.165, 1.54) is 0 Å². The van der Waals surface area contributed by atoms with Crippen molar-refractivity contribution in [3.05, 3.63) is 54.7 Å². The molecule has 4 aromatic rings. The van der Waals surface area contributed by atoms with E-state index in [0.717, 1.165) is 53.0 Å². The lowest BCUT2D eigenvalue weighted by atomic mass is 9.90. The van der Waals surface area contributed by atoms with Crippen LogP contribution in [0.25, 0.3) is 27.8 Å². The van der Waals surface area contributed by atoms with Gasteiger partial charge in [0.15, 0.2) is 0 Å². The number of aromatic nitrogens is 5. The van der Waals surface area contributed by atoms with Crippen molar-refractivity contribution in [2.45, 2.75) is 24.9 Å². The molecule has 0 N–H and O–H groups in total. The Morgan fingerprint density at radius 1 is 1.06 bits per heavy atom. The summed E-state index contributed by atoms with van der Waals surface area (Å²) < 4.78 is 3.49. The number of rotatable bonds is 3. The quantitative estimate of drug-likeness (QED) is 0.434. The van der Waals surface area contributed by atoms with Crippen LogP contribution in [0, 0.1) is 23.7 Å². The fraction of sp³-hybridized carbons (Fsp3) is 0.269. The highest BCUT2D eigenvalue weighted by atomic mass is 16.2. The third-order valence-electron chi connectivity index (χ3n) is 7.04. The van der Waals surface area contributed by atoms with E-state index in [-0.39, 0.29) is 18.0 Å². The van der Waals surface area contributed by atoms with Crippen LogP contribution in [0.15, 0.2) is 49.2 Å². The average molecular weight is 463 g/mol. The predicted molar refractivity (Wildman–Crippen MR) is 130 cm³/mol. The molecule has 3 fully saturated rings. The van der Waals surface area contributed by atoms with Crippen LogP contribution in [0.1, 0.15) is 18.4 Å². The molecule has 172 valence electrons. The standard InChI is InChI=1S/C26H22N8O/c1-3-25(35)33-16-21-5-6-22(33)15-32(21)24-7-4-17(10-28-24)23-8-18(20-12-29-31(2)13-20)14-34-26(23)19(9-27)11-30-34/h1,4,7-8,10-14,21-22H,5-6,15-16H2,2H3. The number of nitriles is 1. The van der Waals surface area contributed by atoms with Crippen LogP contribution in [-0.2, 0) is 11.8 Å². The van der Waals surface area contributed by atoms with Gasteiger partial charge in [0.05, 0.1) is 29.5 Å². The number of hydrogen-bond donors (Lipinski definition) is 0. The molecule has 35 heavy (non-hydrogen) atoms. The van der Waals surface area contributed by atoms with Crippen molar-refractivity contribution in [3.8, 4) is 40.7 Å². The van der Waals surface area contributed by atoms with Gasteiger partial charge in [0, 0.05) is 67.0 Å². The Hall–Kier alpha value is -4.63. The number of nitrogens with zero attached hydrogens (tertiary/aromatic N) is 8. The Morgan fingerprint density at radius 2 is 1.91 bits per heavy atom. The second kappa shape index (κ2) is 8.00. The summed E-state index contributed by atoms with van der Waals surface area (Å²) in [6, 6.07) is 8.67. The number of piperidine rings is 2. The molecule has 0 aromatic carbocycles. The van der Waals surface area contributed by atoms with Crippen LogP contribution in [0.5, 0.6) is 0 Å². The van der Waals surface area contributed by atoms with E-state index >= 15 is 0 Å². The van der Waals surface area contributed by atoms with E-state index in [0.29, 0.717) is 12.1 Å². The molecule has 3 saturated heterocycles. The zero-order chi connectivity index (χ0) is 24.1. The van der Waals surface area contributed by atoms with Crippen LogP contribution in [0.4, 0.5) is 5.82 Å². The zero-order valence-electron chi connectivity index (χ0n) is 19.2. The topological polar surface area (TPSA) is 95.4 Å². The van der Waals surface area contributed by atoms with E-state index in [9.17, 15) is 10.1 Å². The Kier molecular flexibility index (Phi) is 4.78. The number of anilines is 1. The summed E-state index contributed by atoms with van der Waals surface area (Å²) in [5.74, 6) is 2.91. The van der Waals surface area contributed by atoms with E-state index in [1.54, 1.807) is 21.6 Å². The fourth-order valence-electron chi connectivity index (χ4n) is 5.31. The molecule has 3 aliphatic rings. The van der Waals surface area contributed by atoms with Crippen LogP contribution >= 0.6 is 0 Å². The summed E-state index contributed by atoms with van der Waals surface area (Å²) in [7, 11) is 1.88. The number of carbonyl (C=O) groups excluding carboxylic acids is 1. The lowest BCUT2D eigenvalue weighted by molar-refractivity contribution is -0.130. The number of terminal acetylenes is 1. The Balaban J connectivity index is 1.36. The number of aryl methyl sites for hydroxylation is 1. The second-order valence-corrected chi connectivity index (χ2v) is 9.05. The first-order valence-electron chi connectivity index (χ1n) is 11.5. The summed E-state index contributed by atoms with van der Waals surface area (Å²) in [6.07, 6.45) is 16.4. The van der Waals surface area contributed by atoms with Gasteiger partial charge in [0.1, 0.15) is 11.9 Å². The van der Waals surface area contributed by atoms with Gasteiger partial charge in [-0.05, 0) is 37.0 Å². The molecule has 0 aliphatic carbocycles. The number of carbonyl (C=O) groups is 1. The van der Waals surface area contributed by atoms with Crippen molar-refractivity contribution >= 4 is 17.2 Å². The SMILES string of the molecule is C#CC(=O)N1CC2CCC1CN2c1ccc(-c2cc(-c3cnn(C)c3)cn3ncc(C#N)c23)cn1. The van der Waals surface area contributed by atoms with Gasteiger partial charge in [-0.3, -0.25) is 9.48 Å². The van der Waals surface area contributed by atoms with Crippen LogP contribution in [-0.4, -0.2) is 60.4 Å². The maximum Gasteiger partial charge on any atom is 0.298 e. The molecule has 2 unspecified atom stereocenters. The van der Waals surface area contributed by atoms with Gasteiger partial charge >= 0.3 is 0 Å². The van der Waals surface area contributed by atoms with Gasteiger partial charge in [0.25, 0.3) is 5.91 Å². The highest BCUT2D eigenvalue weighted by Crippen LogP contribution is 2.35. The molecule has 7 heterocycles. The fourth-order valence-corrected chi connectivity index (χ4v) is 5.31. The maximum absolute atomic E-state index is 12.1. The number of hydrogen-bond acceptors (Lipinski definition) is 6. The smallest absolute Gasteiger partial charge is 0.298 e. The summed E-state index contributed by atoms with van der Waals surface area (Å²) in [5.41, 5.74) is 4.94. The molecular weight excluding hydrogens is 440 g/mol. The van der Waals surface area contributed by atoms with Gasteiger partial charge in [-0.1, -0.05) is 0 Å². The Morgan fingerprint density at radius 3 is 2.57 bits per heavy atom. The largest absolute Gasteiger partial charge is 0.350 e. The van der Waals surface area contributed by atoms with E-state index < -0.39 is 0 Å². The molecule has 4 aromatic heterocycles. The second-order valence-electron chi connectivity index (χ2n) is 9.05. The molecule has 7 rings (SSSR count). The number of fused-ring (bicyclic) bond motifs is 4. The lowest BCUT2D eigenvalue weighted by Gasteiger charge is -2.51. The van der Waals surface area contributed by atoms with Gasteiger partial charge in [0.2, 0.25) is 0 Å². The number of piperazine rings is 1. The Labute approximate surface area is 202 Å². The predicted octanol–water partition coefficient (Wildman–Crippen LogP) is 2.48. The summed E-state index contributed by atoms with van der Waals surface area (Å²) in [6.45, 7) is 1.36. The first kappa shape index (κ1) is 20.9. The van der Waals surface area contributed by atoms with Gasteiger partial charge in [-0.2, -0.15) is 15.5 Å². The third-order valence-corrected chi connectivity index (χ3v) is 7.04. The highest BCUT2D eigenvalue weighted by molar-refractivity contribution is 5.93. The average Bonchev–Trinajstić information content (AvgIpc) is 3.54. The van der Waals surface area contributed by atoms with Crippen LogP contribution in [0.2, 0.25) is 0 Å². The number of amides is 1. The van der Waals surface area contributed by atoms with Crippen molar-refractivity contribution in [2.75, 3.05) is 18.0 Å². The normalized spacial score (nSPS) is 19.1. The van der Waals surface area contributed by atoms with Crippen LogP contribution < -0.4 is 4.90 Å². The van der Waals surface area contributed by atoms with E-state index in [1.807, 2.05) is 42.7 Å². The van der Waals surface area contributed by atoms with Crippen LogP contribution in [0.3, 0.4) is 0 Å². The molecule has 2 bridgehead atoms. The monoisotopic (exact) mass is 462 g/mol. The Bertz CT molecular complexity index is 1530. The molecule has 0 saturated carbocycles. The molecule has 9 nitrogen and oxygen atoms in total. The van der Waals surface area contributed by atoms with Gasteiger partial charge in [-0.25, -0.2) is 9.50 Å². The maximum atomic E-state index is 12.1. The molecule has 9 heteroatoms. The third kappa shape index (κ3) is 3.41. The summed E-state index contributed by atoms with van der Waals surface area (Å²) in [5, 5.41) is 18.3. The molecule has 0 spiro atoms. The van der Waals surface area contributed by atoms with Gasteiger partial charge < -0.3 is 9.80 Å². The number of pyridine rings is 2. The minimum Gasteiger partial charge on any atom is -0.350 e. The zero-order valence-corrected chi connectivity index (χ0v) is 19.2.